The summed E-state index contributed by atoms with van der Waals surface area (Å²) >= 11 is 0. The first-order valence-electron chi connectivity index (χ1n) is 5.14. The maximum Gasteiger partial charge on any atom is 0.511 e. The van der Waals surface area contributed by atoms with Gasteiger partial charge in [0, 0.05) is 0 Å². The Morgan fingerprint density at radius 1 is 1.47 bits per heavy atom. The lowest BCUT2D eigenvalue weighted by molar-refractivity contribution is 0.144. The van der Waals surface area contributed by atoms with E-state index in [1.807, 2.05) is 12.1 Å². The third-order valence-corrected chi connectivity index (χ3v) is 2.37. The lowest BCUT2D eigenvalue weighted by Gasteiger charge is -2.13. The highest BCUT2D eigenvalue weighted by atomic mass is 16.7. The topological polar surface area (TPSA) is 46.5 Å². The molecule has 0 radical (unpaired) electrons. The Labute approximate surface area is 89.7 Å². The normalized spacial score (nSPS) is 12.1. The largest absolute Gasteiger partial charge is 0.511 e. The van der Waals surface area contributed by atoms with E-state index in [1.165, 1.54) is 0 Å². The lowest BCUT2D eigenvalue weighted by Crippen LogP contribution is -2.06. The molecule has 1 rings (SSSR count). The Balaban J connectivity index is 2.89. The molecular formula is C12H16O3. The van der Waals surface area contributed by atoms with E-state index in [-0.39, 0.29) is 0 Å². The van der Waals surface area contributed by atoms with Gasteiger partial charge in [-0.2, -0.15) is 0 Å². The summed E-state index contributed by atoms with van der Waals surface area (Å²) in [4.78, 5) is 10.5. The van der Waals surface area contributed by atoms with Gasteiger partial charge in [0.2, 0.25) is 0 Å². The molecule has 0 amide bonds. The Hall–Kier alpha value is -1.51. The molecule has 1 unspecified atom stereocenters. The monoisotopic (exact) mass is 208 g/mol. The molecule has 1 aromatic rings. The summed E-state index contributed by atoms with van der Waals surface area (Å²) in [7, 11) is 0. The maximum atomic E-state index is 10.5. The van der Waals surface area contributed by atoms with Gasteiger partial charge < -0.3 is 9.84 Å². The lowest BCUT2D eigenvalue weighted by atomic mass is 9.96. The molecule has 0 saturated heterocycles. The van der Waals surface area contributed by atoms with Gasteiger partial charge in [0.1, 0.15) is 5.75 Å². The van der Waals surface area contributed by atoms with Crippen LogP contribution in [0.2, 0.25) is 0 Å². The average Bonchev–Trinajstić information content (AvgIpc) is 2.18. The quantitative estimate of drug-likeness (QED) is 0.606. The minimum Gasteiger partial charge on any atom is -0.449 e. The number of carboxylic acid groups (broad SMARTS) is 1. The minimum absolute atomic E-state index is 0.325. The van der Waals surface area contributed by atoms with Crippen LogP contribution in [0.4, 0.5) is 4.79 Å². The fourth-order valence-corrected chi connectivity index (χ4v) is 1.66. The highest BCUT2D eigenvalue weighted by molar-refractivity contribution is 5.62. The van der Waals surface area contributed by atoms with Crippen LogP contribution in [0.1, 0.15) is 38.2 Å². The summed E-state index contributed by atoms with van der Waals surface area (Å²) in [6.07, 6.45) is 0.842. The van der Waals surface area contributed by atoms with Crippen molar-refractivity contribution in [2.24, 2.45) is 0 Å². The fourth-order valence-electron chi connectivity index (χ4n) is 1.66. The molecular weight excluding hydrogens is 192 g/mol. The van der Waals surface area contributed by atoms with Crippen LogP contribution in [0.5, 0.6) is 5.75 Å². The molecule has 1 N–H and O–H groups in total. The first-order chi connectivity index (χ1) is 7.15. The first-order valence-corrected chi connectivity index (χ1v) is 5.14. The van der Waals surface area contributed by atoms with Crippen molar-refractivity contribution in [3.05, 3.63) is 29.8 Å². The van der Waals surface area contributed by atoms with Gasteiger partial charge in [-0.05, 0) is 24.0 Å². The van der Waals surface area contributed by atoms with Gasteiger partial charge in [0.25, 0.3) is 0 Å². The minimum atomic E-state index is -1.26. The van der Waals surface area contributed by atoms with Gasteiger partial charge in [-0.1, -0.05) is 38.5 Å². The molecule has 0 fully saturated rings. The molecule has 0 spiro atoms. The number of ether oxygens (including phenoxy) is 1. The second-order valence-electron chi connectivity index (χ2n) is 3.60. The molecule has 1 atom stereocenters. The Bertz CT molecular complexity index is 333. The van der Waals surface area contributed by atoms with Crippen molar-refractivity contribution in [1.82, 2.24) is 0 Å². The Morgan fingerprint density at radius 2 is 2.13 bits per heavy atom. The van der Waals surface area contributed by atoms with E-state index in [0.29, 0.717) is 11.7 Å². The van der Waals surface area contributed by atoms with Crippen LogP contribution in [-0.2, 0) is 0 Å². The number of rotatable bonds is 4. The SMILES string of the molecule is CCCC(C)c1ccccc1OC(=O)O. The van der Waals surface area contributed by atoms with E-state index >= 15 is 0 Å². The van der Waals surface area contributed by atoms with Gasteiger partial charge in [-0.15, -0.1) is 0 Å². The number of benzene rings is 1. The standard InChI is InChI=1S/C12H16O3/c1-3-6-9(2)10-7-4-5-8-11(10)15-12(13)14/h4-5,7-9H,3,6H2,1-2H3,(H,13,14). The predicted molar refractivity (Wildman–Crippen MR) is 58.4 cm³/mol. The maximum absolute atomic E-state index is 10.5. The molecule has 15 heavy (non-hydrogen) atoms. The van der Waals surface area contributed by atoms with Crippen molar-refractivity contribution in [3.8, 4) is 5.75 Å². The van der Waals surface area contributed by atoms with Gasteiger partial charge in [0.05, 0.1) is 0 Å². The first kappa shape index (κ1) is 11.6. The van der Waals surface area contributed by atoms with Gasteiger partial charge >= 0.3 is 6.16 Å². The van der Waals surface area contributed by atoms with Crippen LogP contribution in [-0.4, -0.2) is 11.3 Å². The Morgan fingerprint density at radius 3 is 2.73 bits per heavy atom. The summed E-state index contributed by atoms with van der Waals surface area (Å²) in [6.45, 7) is 4.19. The zero-order chi connectivity index (χ0) is 11.3. The predicted octanol–water partition coefficient (Wildman–Crippen LogP) is 3.65. The van der Waals surface area contributed by atoms with Gasteiger partial charge in [-0.25, -0.2) is 4.79 Å². The zero-order valence-electron chi connectivity index (χ0n) is 9.06. The molecule has 82 valence electrons. The molecule has 3 heteroatoms. The molecule has 0 aromatic heterocycles. The molecule has 1 aromatic carbocycles. The van der Waals surface area contributed by atoms with E-state index in [2.05, 4.69) is 13.8 Å². The van der Waals surface area contributed by atoms with E-state index in [1.54, 1.807) is 12.1 Å². The Kier molecular flexibility index (Phi) is 4.16. The summed E-state index contributed by atoms with van der Waals surface area (Å²) in [5, 5.41) is 8.58. The highest BCUT2D eigenvalue weighted by Gasteiger charge is 2.12. The third kappa shape index (κ3) is 3.27. The number of hydrogen-bond donors (Lipinski definition) is 1. The van der Waals surface area contributed by atoms with E-state index in [0.717, 1.165) is 18.4 Å². The van der Waals surface area contributed by atoms with Crippen LogP contribution >= 0.6 is 0 Å². The van der Waals surface area contributed by atoms with E-state index in [4.69, 9.17) is 9.84 Å². The zero-order valence-corrected chi connectivity index (χ0v) is 9.06. The van der Waals surface area contributed by atoms with Crippen molar-refractivity contribution in [1.29, 1.82) is 0 Å². The molecule has 0 heterocycles. The van der Waals surface area contributed by atoms with E-state index in [9.17, 15) is 4.79 Å². The molecule has 0 bridgehead atoms. The highest BCUT2D eigenvalue weighted by Crippen LogP contribution is 2.29. The number of carbonyl (C=O) groups is 1. The second kappa shape index (κ2) is 5.39. The summed E-state index contributed by atoms with van der Waals surface area (Å²) in [5.41, 5.74) is 0.960. The van der Waals surface area contributed by atoms with Crippen LogP contribution in [0.15, 0.2) is 24.3 Å². The van der Waals surface area contributed by atoms with Crippen molar-refractivity contribution in [2.45, 2.75) is 32.6 Å². The molecule has 0 aliphatic heterocycles. The van der Waals surface area contributed by atoms with Crippen molar-refractivity contribution < 1.29 is 14.6 Å². The number of para-hydroxylation sites is 1. The van der Waals surface area contributed by atoms with Gasteiger partial charge in [-0.3, -0.25) is 0 Å². The molecule has 3 nitrogen and oxygen atoms in total. The number of hydrogen-bond acceptors (Lipinski definition) is 2. The van der Waals surface area contributed by atoms with Crippen molar-refractivity contribution in [3.63, 3.8) is 0 Å². The van der Waals surface area contributed by atoms with Crippen LogP contribution < -0.4 is 4.74 Å². The molecule has 0 aliphatic rings. The van der Waals surface area contributed by atoms with Crippen LogP contribution in [0.3, 0.4) is 0 Å². The summed E-state index contributed by atoms with van der Waals surface area (Å²) in [6, 6.07) is 7.28. The van der Waals surface area contributed by atoms with Crippen LogP contribution in [0.25, 0.3) is 0 Å². The van der Waals surface area contributed by atoms with E-state index < -0.39 is 6.16 Å². The smallest absolute Gasteiger partial charge is 0.449 e. The average molecular weight is 208 g/mol. The summed E-state index contributed by atoms with van der Waals surface area (Å²) in [5.74, 6) is 0.775. The fraction of sp³-hybridized carbons (Fsp3) is 0.417. The molecule has 0 saturated carbocycles. The van der Waals surface area contributed by atoms with Crippen molar-refractivity contribution >= 4 is 6.16 Å². The van der Waals surface area contributed by atoms with Gasteiger partial charge in [0.15, 0.2) is 0 Å². The molecule has 0 aliphatic carbocycles. The second-order valence-corrected chi connectivity index (χ2v) is 3.60. The summed E-state index contributed by atoms with van der Waals surface area (Å²) < 4.78 is 4.73. The van der Waals surface area contributed by atoms with Crippen molar-refractivity contribution in [2.75, 3.05) is 0 Å². The van der Waals surface area contributed by atoms with Crippen LogP contribution in [0, 0.1) is 0 Å². The third-order valence-electron chi connectivity index (χ3n) is 2.37.